The Balaban J connectivity index is 0.000000159. The van der Waals surface area contributed by atoms with E-state index in [1.807, 2.05) is 63.1 Å². The molecule has 0 unspecified atom stereocenters. The maximum atomic E-state index is 13.3. The van der Waals surface area contributed by atoms with Crippen molar-refractivity contribution in [2.24, 2.45) is 30.2 Å². The van der Waals surface area contributed by atoms with E-state index in [4.69, 9.17) is 28.9 Å². The molecular weight excluding hydrogens is 1580 g/mol. The number of nitrogens with zero attached hydrogens (tertiary/aromatic N) is 8. The van der Waals surface area contributed by atoms with Crippen molar-refractivity contribution in [3.63, 3.8) is 0 Å². The van der Waals surface area contributed by atoms with E-state index in [2.05, 4.69) is 295 Å². The number of halogens is 3. The van der Waals surface area contributed by atoms with Crippen LogP contribution in [0.1, 0.15) is 303 Å². The van der Waals surface area contributed by atoms with Crippen LogP contribution in [0.4, 0.5) is 4.39 Å². The van der Waals surface area contributed by atoms with Crippen LogP contribution in [0.2, 0.25) is 10.0 Å². The molecule has 15 nitrogen and oxygen atoms in total. The van der Waals surface area contributed by atoms with Crippen LogP contribution >= 0.6 is 23.2 Å². The number of nitrogens with one attached hydrogen (secondary N) is 1. The number of H-pyrrole nitrogens is 1. The lowest BCUT2D eigenvalue weighted by atomic mass is 9.83. The van der Waals surface area contributed by atoms with Crippen molar-refractivity contribution in [3.8, 4) is 0 Å². The zero-order valence-electron chi connectivity index (χ0n) is 78.3. The first-order valence-corrected chi connectivity index (χ1v) is 45.3. The van der Waals surface area contributed by atoms with Crippen LogP contribution in [0.3, 0.4) is 0 Å². The summed E-state index contributed by atoms with van der Waals surface area (Å²) in [5, 5.41) is 20.6. The minimum Gasteiger partial charge on any atom is -0.399 e. The Hall–Kier alpha value is -9.42. The summed E-state index contributed by atoms with van der Waals surface area (Å²) in [7, 11) is 0.637. The second kappa shape index (κ2) is 36.0. The summed E-state index contributed by atoms with van der Waals surface area (Å²) in [6.07, 6.45) is 17.3. The number of amidine groups is 1. The number of rotatable bonds is 3. The molecule has 3 N–H and O–H groups in total. The number of carbonyl (C=O) groups excluding carboxylic acids is 3. The first-order chi connectivity index (χ1) is 56.0. The van der Waals surface area contributed by atoms with Gasteiger partial charge in [0, 0.05) is 101 Å². The highest BCUT2D eigenvalue weighted by atomic mass is 35.5. The molecule has 2 aliphatic heterocycles. The van der Waals surface area contributed by atoms with Gasteiger partial charge in [0.2, 0.25) is 0 Å². The van der Waals surface area contributed by atoms with Crippen LogP contribution < -0.4 is 5.73 Å². The standard InChI is InChI=1S/C15H18O.C14H19ClN2O2S.C13H17ClN2.C13H16O.C12H16FN.C12H16N2O.C12H16N2.C12H15N/c1-14(2,3)10-4-5-12-11(8-10)13(16)9-15(12)6-7-15;1-14(2,3)9-6-7-10(15)12-11(8-20(5,18)19)16-17(4)13(9)12;1-8-11-10(14)7-6-9(13(2,3)4)12(11)16(5)15-8;1-13(2,3)10-6-4-9-5-7-12(14)11(9)8-10;1-8(14)10-7-9(12(2,3)4)5-6-11(10)13;1-8-9(12(2,3)4)5-6-10-13-7-11(15)14(8)10;1-8-9-6-5-7-10(12(2,3)4)11(9)14-13-8;1-12(2,3)10-7-9-5-4-6-11(9)13-8-10/h4-5,8H,6-7,9H2,1-3H3;6-7H,8H2,1-5H3;6-7H,1-5H3;4,6,8H,5,7H2,1-3H3;5-7H,1,14H2,2-4H3;5-6H,7H2,1-4H3;5-7H,1-4H3,(H,13,14);4-5,7-8H,6H2,1-3H3. The third-order valence-corrected chi connectivity index (χ3v) is 24.6. The lowest BCUT2D eigenvalue weighted by Crippen LogP contribution is -2.34. The largest absolute Gasteiger partial charge is 0.399 e. The van der Waals surface area contributed by atoms with Gasteiger partial charge in [-0.3, -0.25) is 43.7 Å². The van der Waals surface area contributed by atoms with Crippen LogP contribution in [0.5, 0.6) is 0 Å². The SMILES string of the molecule is C=C(N)c1cc(C(C)(C)C)ccc1F.CC(C)(C)c1ccc2c(c1)C(=O)CC2.CC(C)(C)c1ccc2c(c1)C(=O)CC21CC1.CC(C)(C)c1cnc2c(c1)C=CC2.CC1=C(C(C)(C)C)C=CC2=NCC(=O)N21.Cc1[nH]nc2c(C(C)(C)C)cccc12.Cc1nn(C)c2c(C(C)(C)C)ccc(Cl)c12.Cn1nc(CS(C)(=O)=O)c2c(Cl)ccc(C(C)(C)C)c21. The average Bonchev–Trinajstić information content (AvgIpc) is 1.70. The maximum Gasteiger partial charge on any atom is 0.254 e. The normalized spacial score (nSPS) is 15.2. The van der Waals surface area contributed by atoms with Gasteiger partial charge in [-0.05, 0) is 193 Å². The van der Waals surface area contributed by atoms with Crippen molar-refractivity contribution in [2.45, 2.75) is 275 Å². The topological polar surface area (TPSA) is 204 Å². The fourth-order valence-electron chi connectivity index (χ4n) is 15.9. The number of fused-ring (bicyclic) bond motifs is 8. The van der Waals surface area contributed by atoms with E-state index in [9.17, 15) is 27.2 Å². The summed E-state index contributed by atoms with van der Waals surface area (Å²) in [5.74, 6) is 1.12. The van der Waals surface area contributed by atoms with Crippen LogP contribution in [0.15, 0.2) is 150 Å². The van der Waals surface area contributed by atoms with Gasteiger partial charge in [-0.25, -0.2) is 12.8 Å². The number of ketones is 2. The van der Waals surface area contributed by atoms with Crippen molar-refractivity contribution in [1.29, 1.82) is 0 Å². The monoisotopic (exact) mass is 1710 g/mol. The van der Waals surface area contributed by atoms with Crippen LogP contribution in [0.25, 0.3) is 44.5 Å². The van der Waals surface area contributed by atoms with Crippen molar-refractivity contribution >= 4 is 101 Å². The molecule has 0 saturated heterocycles. The molecule has 1 amide bonds. The number of allylic oxidation sites excluding steroid dienone is 4. The zero-order chi connectivity index (χ0) is 91.2. The molecule has 10 aromatic rings. The molecule has 0 bridgehead atoms. The first-order valence-electron chi connectivity index (χ1n) is 42.4. The van der Waals surface area contributed by atoms with E-state index >= 15 is 0 Å². The lowest BCUT2D eigenvalue weighted by molar-refractivity contribution is -0.123. The van der Waals surface area contributed by atoms with E-state index in [1.165, 1.54) is 86.3 Å². The highest BCUT2D eigenvalue weighted by Gasteiger charge is 2.52. The Bertz CT molecular complexity index is 5900. The van der Waals surface area contributed by atoms with E-state index < -0.39 is 9.84 Å². The van der Waals surface area contributed by atoms with Crippen molar-refractivity contribution in [2.75, 3.05) is 12.8 Å². The molecule has 122 heavy (non-hydrogen) atoms. The van der Waals surface area contributed by atoms with Crippen LogP contribution in [-0.4, -0.2) is 84.2 Å². The molecule has 16 rings (SSSR count). The van der Waals surface area contributed by atoms with Gasteiger partial charge in [0.15, 0.2) is 21.4 Å². The number of aryl methyl sites for hydroxylation is 5. The molecule has 1 spiro atoms. The number of nitrogens with two attached hydrogens (primary N) is 1. The molecular formula is C103H133Cl2FN10O5S. The summed E-state index contributed by atoms with van der Waals surface area (Å²) in [6.45, 7) is 61.9. The molecule has 652 valence electrons. The smallest absolute Gasteiger partial charge is 0.254 e. The highest BCUT2D eigenvalue weighted by Crippen LogP contribution is 2.57. The Morgan fingerprint density at radius 3 is 1.66 bits per heavy atom. The van der Waals surface area contributed by atoms with Gasteiger partial charge in [-0.15, -0.1) is 0 Å². The van der Waals surface area contributed by atoms with Gasteiger partial charge >= 0.3 is 0 Å². The molecule has 1 saturated carbocycles. The number of aromatic nitrogens is 7. The van der Waals surface area contributed by atoms with E-state index in [-0.39, 0.29) is 78.5 Å². The second-order valence-electron chi connectivity index (χ2n) is 41.8. The van der Waals surface area contributed by atoms with Gasteiger partial charge in [0.25, 0.3) is 5.91 Å². The average molecular weight is 1710 g/mol. The fraction of sp³-hybridized carbons (Fsp3) is 0.456. The number of sulfone groups is 1. The van der Waals surface area contributed by atoms with Crippen molar-refractivity contribution in [3.05, 3.63) is 256 Å². The Kier molecular flexibility index (Phi) is 28.5. The van der Waals surface area contributed by atoms with E-state index in [0.717, 1.165) is 96.8 Å². The van der Waals surface area contributed by atoms with Gasteiger partial charge in [-0.1, -0.05) is 275 Å². The number of carbonyl (C=O) groups is 3. The van der Waals surface area contributed by atoms with E-state index in [0.29, 0.717) is 34.3 Å². The molecule has 19 heteroatoms. The summed E-state index contributed by atoms with van der Waals surface area (Å²) >= 11 is 12.5. The Labute approximate surface area is 736 Å². The third kappa shape index (κ3) is 22.8. The Morgan fingerprint density at radius 1 is 0.590 bits per heavy atom. The molecule has 0 atom stereocenters. The number of hydrogen-bond acceptors (Lipinski definition) is 11. The number of hydrogen-bond donors (Lipinski definition) is 2. The van der Waals surface area contributed by atoms with Gasteiger partial charge in [-0.2, -0.15) is 15.3 Å². The molecule has 1 fully saturated rings. The maximum absolute atomic E-state index is 13.3. The number of aliphatic imine (C=N–C) groups is 1. The lowest BCUT2D eigenvalue weighted by Gasteiger charge is -2.30. The molecule has 6 aromatic carbocycles. The number of amides is 1. The summed E-state index contributed by atoms with van der Waals surface area (Å²) in [4.78, 5) is 45.5. The van der Waals surface area contributed by atoms with E-state index in [1.54, 1.807) is 21.7 Å². The van der Waals surface area contributed by atoms with Crippen molar-refractivity contribution in [1.82, 2.24) is 39.6 Å². The quantitative estimate of drug-likeness (QED) is 0.171. The number of benzene rings is 6. The van der Waals surface area contributed by atoms with Crippen LogP contribution in [0, 0.1) is 25.1 Å². The predicted molar refractivity (Wildman–Crippen MR) is 509 cm³/mol. The summed E-state index contributed by atoms with van der Waals surface area (Å²) in [6, 6.07) is 34.4. The number of para-hydroxylation sites is 1. The van der Waals surface area contributed by atoms with Gasteiger partial charge in [0.05, 0.1) is 49.4 Å². The zero-order valence-corrected chi connectivity index (χ0v) is 80.6. The molecule has 4 aromatic heterocycles. The molecule has 4 aliphatic carbocycles. The third-order valence-electron chi connectivity index (χ3n) is 23.2. The minimum absolute atomic E-state index is 0.00208. The van der Waals surface area contributed by atoms with Gasteiger partial charge < -0.3 is 5.73 Å². The Morgan fingerprint density at radius 2 is 1.12 bits per heavy atom. The second-order valence-corrected chi connectivity index (χ2v) is 44.7. The molecule has 6 heterocycles. The van der Waals surface area contributed by atoms with Gasteiger partial charge in [0.1, 0.15) is 18.2 Å². The molecule has 0 radical (unpaired) electrons. The molecule has 6 aliphatic rings. The predicted octanol–water partition coefficient (Wildman–Crippen LogP) is 24.9. The minimum atomic E-state index is -3.15. The summed E-state index contributed by atoms with van der Waals surface area (Å²) in [5.41, 5.74) is 30.8. The first kappa shape index (κ1) is 96.4. The fourth-order valence-corrected chi connectivity index (χ4v) is 17.2. The van der Waals surface area contributed by atoms with Crippen molar-refractivity contribution < 1.29 is 27.2 Å². The highest BCUT2D eigenvalue weighted by molar-refractivity contribution is 7.89. The summed E-state index contributed by atoms with van der Waals surface area (Å²) < 4.78 is 40.0. The number of Topliss-reactive ketones (excluding diaryl/α,β-unsaturated/α-hetero) is 2. The number of pyridine rings is 1. The van der Waals surface area contributed by atoms with Crippen LogP contribution in [-0.2, 0) is 90.6 Å². The number of aromatic amines is 1.